The minimum atomic E-state index is -0.507. The summed E-state index contributed by atoms with van der Waals surface area (Å²) in [5, 5.41) is 3.01. The van der Waals surface area contributed by atoms with Gasteiger partial charge in [0, 0.05) is 13.6 Å². The first-order chi connectivity index (χ1) is 7.78. The van der Waals surface area contributed by atoms with Crippen molar-refractivity contribution >= 4 is 11.5 Å². The minimum absolute atomic E-state index is 0.0631. The van der Waals surface area contributed by atoms with Crippen LogP contribution in [0.2, 0.25) is 0 Å². The van der Waals surface area contributed by atoms with Crippen LogP contribution in [-0.2, 0) is 7.05 Å². The van der Waals surface area contributed by atoms with Gasteiger partial charge in [-0.15, -0.1) is 0 Å². The van der Waals surface area contributed by atoms with E-state index in [0.29, 0.717) is 6.54 Å². The Morgan fingerprint density at radius 2 is 2.00 bits per heavy atom. The molecule has 6 nitrogen and oxygen atoms in total. The highest BCUT2D eigenvalue weighted by Crippen LogP contribution is 2.20. The predicted molar refractivity (Wildman–Crippen MR) is 69.3 cm³/mol. The molecule has 4 N–H and O–H groups in total. The summed E-state index contributed by atoms with van der Waals surface area (Å²) in [6.45, 7) is 6.88. The molecule has 96 valence electrons. The molecule has 0 aliphatic rings. The fraction of sp³-hybridized carbons (Fsp3) is 0.636. The lowest BCUT2D eigenvalue weighted by Gasteiger charge is -2.23. The molecule has 1 aromatic heterocycles. The van der Waals surface area contributed by atoms with E-state index in [1.807, 2.05) is 0 Å². The Kier molecular flexibility index (Phi) is 3.65. The lowest BCUT2D eigenvalue weighted by atomic mass is 9.90. The number of hydrogen-bond acceptors (Lipinski definition) is 4. The van der Waals surface area contributed by atoms with Gasteiger partial charge in [0.1, 0.15) is 11.5 Å². The molecule has 0 unspecified atom stereocenters. The van der Waals surface area contributed by atoms with Gasteiger partial charge in [0.25, 0.3) is 5.56 Å². The lowest BCUT2D eigenvalue weighted by Crippen LogP contribution is -2.34. The number of hydrogen-bond donors (Lipinski definition) is 3. The zero-order chi connectivity index (χ0) is 13.2. The summed E-state index contributed by atoms with van der Waals surface area (Å²) in [6.07, 6.45) is 0.976. The molecule has 0 spiro atoms. The summed E-state index contributed by atoms with van der Waals surface area (Å²) in [7, 11) is 1.52. The second-order valence-corrected chi connectivity index (χ2v) is 4.95. The van der Waals surface area contributed by atoms with Crippen LogP contribution in [0.15, 0.2) is 9.59 Å². The quantitative estimate of drug-likeness (QED) is 0.714. The van der Waals surface area contributed by atoms with Gasteiger partial charge in [0.05, 0.1) is 0 Å². The van der Waals surface area contributed by atoms with Crippen LogP contribution in [-0.4, -0.2) is 16.1 Å². The highest BCUT2D eigenvalue weighted by atomic mass is 16.2. The minimum Gasteiger partial charge on any atom is -0.383 e. The van der Waals surface area contributed by atoms with Crippen LogP contribution in [0.3, 0.4) is 0 Å². The molecule has 1 aromatic rings. The molecule has 0 amide bonds. The molecule has 1 rings (SSSR count). The van der Waals surface area contributed by atoms with Crippen molar-refractivity contribution in [3.63, 3.8) is 0 Å². The van der Waals surface area contributed by atoms with Crippen molar-refractivity contribution in [1.29, 1.82) is 0 Å². The van der Waals surface area contributed by atoms with E-state index in [-0.39, 0.29) is 16.9 Å². The average molecular weight is 240 g/mol. The van der Waals surface area contributed by atoms with Gasteiger partial charge in [0.2, 0.25) is 0 Å². The average Bonchev–Trinajstić information content (AvgIpc) is 2.26. The third-order valence-electron chi connectivity index (χ3n) is 3.07. The van der Waals surface area contributed by atoms with Gasteiger partial charge in [-0.1, -0.05) is 20.8 Å². The van der Waals surface area contributed by atoms with E-state index in [1.54, 1.807) is 0 Å². The highest BCUT2D eigenvalue weighted by molar-refractivity contribution is 5.60. The van der Waals surface area contributed by atoms with Gasteiger partial charge in [-0.05, 0) is 11.8 Å². The van der Waals surface area contributed by atoms with Gasteiger partial charge < -0.3 is 11.1 Å². The van der Waals surface area contributed by atoms with Gasteiger partial charge in [-0.2, -0.15) is 0 Å². The van der Waals surface area contributed by atoms with Crippen LogP contribution in [0.4, 0.5) is 11.5 Å². The third kappa shape index (κ3) is 2.89. The number of nitrogens with zero attached hydrogens (tertiary/aromatic N) is 1. The summed E-state index contributed by atoms with van der Waals surface area (Å²) in [5.74, 6) is 0.158. The summed E-state index contributed by atoms with van der Waals surface area (Å²) in [4.78, 5) is 25.1. The van der Waals surface area contributed by atoms with E-state index >= 15 is 0 Å². The SMILES string of the molecule is CCC(C)(C)CNc1c(N)n(C)c(=O)[nH]c1=O. The van der Waals surface area contributed by atoms with Crippen molar-refractivity contribution in [3.8, 4) is 0 Å². The molecule has 0 bridgehead atoms. The highest BCUT2D eigenvalue weighted by Gasteiger charge is 2.17. The van der Waals surface area contributed by atoms with E-state index in [2.05, 4.69) is 31.1 Å². The maximum Gasteiger partial charge on any atom is 0.329 e. The zero-order valence-electron chi connectivity index (χ0n) is 10.8. The molecule has 0 radical (unpaired) electrons. The van der Waals surface area contributed by atoms with E-state index in [0.717, 1.165) is 6.42 Å². The Hall–Kier alpha value is -1.72. The van der Waals surface area contributed by atoms with Crippen molar-refractivity contribution in [1.82, 2.24) is 9.55 Å². The van der Waals surface area contributed by atoms with E-state index in [4.69, 9.17) is 5.73 Å². The number of aromatic nitrogens is 2. The number of H-pyrrole nitrogens is 1. The maximum atomic E-state index is 11.6. The molecule has 0 aliphatic carbocycles. The van der Waals surface area contributed by atoms with Crippen molar-refractivity contribution in [3.05, 3.63) is 20.8 Å². The van der Waals surface area contributed by atoms with Crippen LogP contribution < -0.4 is 22.3 Å². The number of nitrogens with one attached hydrogen (secondary N) is 2. The summed E-state index contributed by atoms with van der Waals surface area (Å²) in [5.41, 5.74) is 5.08. The predicted octanol–water partition coefficient (Wildman–Crippen LogP) is 0.504. The molecule has 0 saturated carbocycles. The Bertz CT molecular complexity index is 513. The van der Waals surface area contributed by atoms with Crippen molar-refractivity contribution in [2.45, 2.75) is 27.2 Å². The van der Waals surface area contributed by atoms with Gasteiger partial charge in [-0.25, -0.2) is 4.79 Å². The van der Waals surface area contributed by atoms with Crippen LogP contribution in [0.5, 0.6) is 0 Å². The second kappa shape index (κ2) is 4.65. The van der Waals surface area contributed by atoms with E-state index in [1.165, 1.54) is 11.6 Å². The summed E-state index contributed by atoms with van der Waals surface area (Å²) >= 11 is 0. The van der Waals surface area contributed by atoms with Crippen molar-refractivity contribution in [2.75, 3.05) is 17.6 Å². The Morgan fingerprint density at radius 3 is 2.53 bits per heavy atom. The number of anilines is 2. The van der Waals surface area contributed by atoms with Gasteiger partial charge in [-0.3, -0.25) is 14.3 Å². The molecular formula is C11H20N4O2. The number of nitrogen functional groups attached to an aromatic ring is 1. The fourth-order valence-electron chi connectivity index (χ4n) is 1.26. The van der Waals surface area contributed by atoms with E-state index < -0.39 is 11.2 Å². The number of nitrogens with two attached hydrogens (primary N) is 1. The molecular weight excluding hydrogens is 220 g/mol. The number of aromatic amines is 1. The van der Waals surface area contributed by atoms with Gasteiger partial charge >= 0.3 is 5.69 Å². The molecule has 0 aliphatic heterocycles. The maximum absolute atomic E-state index is 11.6. The van der Waals surface area contributed by atoms with E-state index in [9.17, 15) is 9.59 Å². The molecule has 0 fully saturated rings. The fourth-order valence-corrected chi connectivity index (χ4v) is 1.26. The first kappa shape index (κ1) is 13.3. The molecule has 0 atom stereocenters. The molecule has 6 heteroatoms. The number of rotatable bonds is 4. The smallest absolute Gasteiger partial charge is 0.329 e. The Labute approximate surface area is 99.8 Å². The molecule has 17 heavy (non-hydrogen) atoms. The van der Waals surface area contributed by atoms with Crippen LogP contribution in [0.25, 0.3) is 0 Å². The van der Waals surface area contributed by atoms with Crippen LogP contribution in [0.1, 0.15) is 27.2 Å². The Balaban J connectivity index is 3.05. The summed E-state index contributed by atoms with van der Waals surface area (Å²) < 4.78 is 1.21. The molecule has 0 saturated heterocycles. The first-order valence-corrected chi connectivity index (χ1v) is 5.61. The van der Waals surface area contributed by atoms with Crippen molar-refractivity contribution < 1.29 is 0 Å². The molecule has 0 aromatic carbocycles. The monoisotopic (exact) mass is 240 g/mol. The largest absolute Gasteiger partial charge is 0.383 e. The topological polar surface area (TPSA) is 92.9 Å². The van der Waals surface area contributed by atoms with Crippen LogP contribution in [0, 0.1) is 5.41 Å². The van der Waals surface area contributed by atoms with Crippen LogP contribution >= 0.6 is 0 Å². The zero-order valence-corrected chi connectivity index (χ0v) is 10.8. The normalized spacial score (nSPS) is 11.5. The van der Waals surface area contributed by atoms with Crippen molar-refractivity contribution in [2.24, 2.45) is 12.5 Å². The Morgan fingerprint density at radius 1 is 1.41 bits per heavy atom. The first-order valence-electron chi connectivity index (χ1n) is 5.61. The second-order valence-electron chi connectivity index (χ2n) is 4.95. The lowest BCUT2D eigenvalue weighted by molar-refractivity contribution is 0.377. The summed E-state index contributed by atoms with van der Waals surface area (Å²) in [6, 6.07) is 0. The van der Waals surface area contributed by atoms with Gasteiger partial charge in [0.15, 0.2) is 0 Å². The molecule has 1 heterocycles. The third-order valence-corrected chi connectivity index (χ3v) is 3.07. The standard InChI is InChI=1S/C11H20N4O2/c1-5-11(2,3)6-13-7-8(12)15(4)10(17)14-9(7)16/h13H,5-6,12H2,1-4H3,(H,14,16,17).